The lowest BCUT2D eigenvalue weighted by Crippen LogP contribution is -2.30. The highest BCUT2D eigenvalue weighted by Gasteiger charge is 2.31. The van der Waals surface area contributed by atoms with Crippen molar-refractivity contribution in [2.24, 2.45) is 4.99 Å². The van der Waals surface area contributed by atoms with E-state index >= 15 is 0 Å². The van der Waals surface area contributed by atoms with Gasteiger partial charge in [0, 0.05) is 24.0 Å². The number of aromatic nitrogens is 2. The number of hydrogen-bond donors (Lipinski definition) is 0. The van der Waals surface area contributed by atoms with E-state index in [1.54, 1.807) is 6.92 Å². The maximum absolute atomic E-state index is 13.9. The van der Waals surface area contributed by atoms with Gasteiger partial charge in [-0.1, -0.05) is 0 Å². The predicted molar refractivity (Wildman–Crippen MR) is 95.0 cm³/mol. The molecule has 10 heteroatoms. The van der Waals surface area contributed by atoms with Gasteiger partial charge in [-0.05, 0) is 31.2 Å². The van der Waals surface area contributed by atoms with Crippen LogP contribution in [0.2, 0.25) is 0 Å². The third-order valence-corrected chi connectivity index (χ3v) is 4.47. The first-order chi connectivity index (χ1) is 13.6. The summed E-state index contributed by atoms with van der Waals surface area (Å²) in [5.41, 5.74) is -0.265. The van der Waals surface area contributed by atoms with Crippen LogP contribution in [0.4, 0.5) is 32.0 Å². The minimum absolute atomic E-state index is 0.166. The van der Waals surface area contributed by atoms with Gasteiger partial charge in [0.2, 0.25) is 6.29 Å². The number of nitrogens with zero attached hydrogens (tertiary/aromatic N) is 4. The summed E-state index contributed by atoms with van der Waals surface area (Å²) in [4.78, 5) is 9.55. The number of imidazole rings is 1. The van der Waals surface area contributed by atoms with Crippen LogP contribution in [0.1, 0.15) is 17.7 Å². The van der Waals surface area contributed by atoms with E-state index in [0.717, 1.165) is 36.7 Å². The number of anilines is 1. The average Bonchev–Trinajstić information content (AvgIpc) is 2.96. The first-order valence-corrected chi connectivity index (χ1v) is 8.35. The highest BCUT2D eigenvalue weighted by molar-refractivity contribution is 5.80. The molecular weight excluding hydrogens is 398 g/mol. The average molecular weight is 410 g/mol. The van der Waals surface area contributed by atoms with Crippen molar-refractivity contribution in [2.75, 3.05) is 4.90 Å². The highest BCUT2D eigenvalue weighted by Crippen LogP contribution is 2.35. The summed E-state index contributed by atoms with van der Waals surface area (Å²) in [6.07, 6.45) is -3.51. The number of benzene rings is 2. The van der Waals surface area contributed by atoms with Crippen molar-refractivity contribution in [1.82, 2.24) is 9.55 Å². The molecule has 1 atom stereocenters. The van der Waals surface area contributed by atoms with Crippen LogP contribution >= 0.6 is 0 Å². The molecule has 150 valence electrons. The van der Waals surface area contributed by atoms with Crippen molar-refractivity contribution in [2.45, 2.75) is 19.4 Å². The van der Waals surface area contributed by atoms with Crippen LogP contribution in [0.5, 0.6) is 0 Å². The Kier molecular flexibility index (Phi) is 4.36. The molecule has 4 rings (SSSR count). The number of hydrogen-bond acceptors (Lipinski definition) is 3. The smallest absolute Gasteiger partial charge is 0.305 e. The predicted octanol–water partition coefficient (Wildman–Crippen LogP) is 5.50. The molecule has 0 saturated heterocycles. The van der Waals surface area contributed by atoms with E-state index in [0.29, 0.717) is 5.82 Å². The molecule has 1 aromatic heterocycles. The van der Waals surface area contributed by atoms with Crippen LogP contribution in [0.3, 0.4) is 0 Å². The molecule has 29 heavy (non-hydrogen) atoms. The van der Waals surface area contributed by atoms with Crippen molar-refractivity contribution in [1.29, 1.82) is 0 Å². The Morgan fingerprint density at radius 2 is 1.62 bits per heavy atom. The molecule has 0 amide bonds. The topological polar surface area (TPSA) is 33.4 Å². The van der Waals surface area contributed by atoms with E-state index < -0.39 is 35.5 Å². The largest absolute Gasteiger partial charge is 0.416 e. The quantitative estimate of drug-likeness (QED) is 0.523. The monoisotopic (exact) mass is 410 g/mol. The van der Waals surface area contributed by atoms with Crippen LogP contribution in [0.25, 0.3) is 11.0 Å². The van der Waals surface area contributed by atoms with Gasteiger partial charge < -0.3 is 4.90 Å². The standard InChI is InChI=1S/C19H12F6N4/c1-10-27-16-6-14(21)15(22)7-17(16)29(10)18-26-8-12(20)9-28(18)13-4-2-11(3-5-13)19(23,24)25/h2-9,18H,1H3. The fourth-order valence-electron chi connectivity index (χ4n) is 3.17. The lowest BCUT2D eigenvalue weighted by atomic mass is 10.2. The van der Waals surface area contributed by atoms with E-state index in [9.17, 15) is 26.3 Å². The minimum atomic E-state index is -4.52. The van der Waals surface area contributed by atoms with Crippen LogP contribution in [-0.2, 0) is 6.18 Å². The summed E-state index contributed by atoms with van der Waals surface area (Å²) in [7, 11) is 0. The van der Waals surface area contributed by atoms with Gasteiger partial charge in [0.05, 0.1) is 22.8 Å². The van der Waals surface area contributed by atoms with Crippen molar-refractivity contribution >= 4 is 22.9 Å². The first-order valence-electron chi connectivity index (χ1n) is 8.35. The number of allylic oxidation sites excluding steroid dienone is 1. The summed E-state index contributed by atoms with van der Waals surface area (Å²) in [5.74, 6) is -2.55. The SMILES string of the molecule is Cc1nc2cc(F)c(F)cc2n1C1N=CC(F)=CN1c1ccc(C(F)(F)F)cc1. The summed E-state index contributed by atoms with van der Waals surface area (Å²) in [6.45, 7) is 1.57. The van der Waals surface area contributed by atoms with Gasteiger partial charge in [-0.15, -0.1) is 0 Å². The molecule has 4 nitrogen and oxygen atoms in total. The Morgan fingerprint density at radius 3 is 2.28 bits per heavy atom. The molecule has 0 fully saturated rings. The number of rotatable bonds is 2. The summed E-state index contributed by atoms with van der Waals surface area (Å²) in [6, 6.07) is 5.96. The molecule has 2 aromatic carbocycles. The molecule has 0 N–H and O–H groups in total. The van der Waals surface area contributed by atoms with E-state index in [2.05, 4.69) is 9.98 Å². The third-order valence-electron chi connectivity index (χ3n) is 4.47. The molecule has 0 bridgehead atoms. The normalized spacial score (nSPS) is 17.1. The fourth-order valence-corrected chi connectivity index (χ4v) is 3.17. The van der Waals surface area contributed by atoms with Crippen molar-refractivity contribution in [3.63, 3.8) is 0 Å². The number of halogens is 6. The van der Waals surface area contributed by atoms with Crippen molar-refractivity contribution in [3.8, 4) is 0 Å². The van der Waals surface area contributed by atoms with Crippen LogP contribution in [0, 0.1) is 18.6 Å². The molecule has 0 radical (unpaired) electrons. The summed E-state index contributed by atoms with van der Waals surface area (Å²) in [5, 5.41) is 0. The minimum Gasteiger partial charge on any atom is -0.305 e. The van der Waals surface area contributed by atoms with Gasteiger partial charge in [0.25, 0.3) is 0 Å². The van der Waals surface area contributed by atoms with Gasteiger partial charge in [-0.2, -0.15) is 13.2 Å². The molecule has 0 aliphatic carbocycles. The lowest BCUT2D eigenvalue weighted by molar-refractivity contribution is -0.137. The molecule has 3 aromatic rings. The van der Waals surface area contributed by atoms with Crippen LogP contribution < -0.4 is 4.90 Å². The van der Waals surface area contributed by atoms with E-state index in [1.807, 2.05) is 0 Å². The number of aryl methyl sites for hydroxylation is 1. The highest BCUT2D eigenvalue weighted by atomic mass is 19.4. The zero-order valence-electron chi connectivity index (χ0n) is 14.8. The third kappa shape index (κ3) is 3.34. The van der Waals surface area contributed by atoms with Gasteiger partial charge in [-0.3, -0.25) is 4.57 Å². The van der Waals surface area contributed by atoms with Crippen molar-refractivity contribution < 1.29 is 26.3 Å². The Morgan fingerprint density at radius 1 is 0.966 bits per heavy atom. The summed E-state index contributed by atoms with van der Waals surface area (Å²) < 4.78 is 81.2. The Balaban J connectivity index is 1.83. The van der Waals surface area contributed by atoms with Gasteiger partial charge >= 0.3 is 6.18 Å². The van der Waals surface area contributed by atoms with E-state index in [1.165, 1.54) is 21.6 Å². The number of fused-ring (bicyclic) bond motifs is 1. The van der Waals surface area contributed by atoms with Gasteiger partial charge in [0.15, 0.2) is 17.5 Å². The Labute approximate surface area is 160 Å². The molecular formula is C19H12F6N4. The number of alkyl halides is 3. The zero-order chi connectivity index (χ0) is 20.9. The van der Waals surface area contributed by atoms with Crippen LogP contribution in [0.15, 0.2) is 53.4 Å². The lowest BCUT2D eigenvalue weighted by Gasteiger charge is -2.31. The first kappa shape index (κ1) is 19.0. The number of aliphatic imine (C=N–C) groups is 1. The van der Waals surface area contributed by atoms with E-state index in [4.69, 9.17) is 0 Å². The Hall–Kier alpha value is -3.30. The molecule has 0 saturated carbocycles. The fraction of sp³-hybridized carbons (Fsp3) is 0.158. The Bertz CT molecular complexity index is 1140. The summed E-state index contributed by atoms with van der Waals surface area (Å²) >= 11 is 0. The molecule has 1 unspecified atom stereocenters. The molecule has 1 aliphatic rings. The van der Waals surface area contributed by atoms with Gasteiger partial charge in [-0.25, -0.2) is 23.1 Å². The second-order valence-corrected chi connectivity index (χ2v) is 6.37. The van der Waals surface area contributed by atoms with Crippen molar-refractivity contribution in [3.05, 3.63) is 71.4 Å². The maximum Gasteiger partial charge on any atom is 0.416 e. The second-order valence-electron chi connectivity index (χ2n) is 6.37. The maximum atomic E-state index is 13.9. The molecule has 0 spiro atoms. The van der Waals surface area contributed by atoms with Gasteiger partial charge in [0.1, 0.15) is 5.82 Å². The zero-order valence-corrected chi connectivity index (χ0v) is 14.8. The molecule has 1 aliphatic heterocycles. The molecule has 2 heterocycles. The van der Waals surface area contributed by atoms with Crippen LogP contribution in [-0.4, -0.2) is 15.8 Å². The van der Waals surface area contributed by atoms with E-state index in [-0.39, 0.29) is 16.7 Å². The second kappa shape index (κ2) is 6.64.